The third-order valence-electron chi connectivity index (χ3n) is 6.12. The van der Waals surface area contributed by atoms with Crippen LogP contribution < -0.4 is 15.5 Å². The van der Waals surface area contributed by atoms with Gasteiger partial charge < -0.3 is 20.3 Å². The topological polar surface area (TPSA) is 61.8 Å². The Balaban J connectivity index is 0.00000289. The molecule has 2 aliphatic rings. The molecule has 0 bridgehead atoms. The van der Waals surface area contributed by atoms with E-state index in [1.807, 2.05) is 12.3 Å². The number of hydrogen-bond donors (Lipinski definition) is 2. The van der Waals surface area contributed by atoms with Crippen molar-refractivity contribution < 1.29 is 9.13 Å². The molecule has 1 aliphatic heterocycles. The summed E-state index contributed by atoms with van der Waals surface area (Å²) in [5.74, 6) is 1.55. The number of hydrogen-bond acceptors (Lipinski definition) is 4. The fraction of sp³-hybridized carbons (Fsp3) is 0.500. The smallest absolute Gasteiger partial charge is 0.191 e. The molecule has 8 heteroatoms. The number of aliphatic imine (C=N–C) groups is 1. The van der Waals surface area contributed by atoms with Crippen molar-refractivity contribution in [3.63, 3.8) is 0 Å². The number of ether oxygens (including phenoxy) is 1. The highest BCUT2D eigenvalue weighted by Gasteiger charge is 2.44. The van der Waals surface area contributed by atoms with E-state index in [2.05, 4.69) is 51.5 Å². The van der Waals surface area contributed by atoms with Gasteiger partial charge in [0.15, 0.2) is 5.96 Å². The molecule has 0 spiro atoms. The predicted octanol–water partition coefficient (Wildman–Crippen LogP) is 3.85. The molecule has 2 fully saturated rings. The monoisotopic (exact) mass is 553 g/mol. The number of nitrogens with one attached hydrogen (secondary N) is 2. The minimum atomic E-state index is -0.178. The van der Waals surface area contributed by atoms with Crippen LogP contribution in [0.5, 0.6) is 0 Å². The van der Waals surface area contributed by atoms with Gasteiger partial charge in [0.25, 0.3) is 0 Å². The van der Waals surface area contributed by atoms with Crippen molar-refractivity contribution in [3.8, 4) is 0 Å². The predicted molar refractivity (Wildman–Crippen MR) is 137 cm³/mol. The van der Waals surface area contributed by atoms with Crippen molar-refractivity contribution in [2.45, 2.75) is 50.9 Å². The Hall–Kier alpha value is -1.94. The number of rotatable bonds is 6. The second-order valence-electron chi connectivity index (χ2n) is 8.76. The maximum Gasteiger partial charge on any atom is 0.191 e. The summed E-state index contributed by atoms with van der Waals surface area (Å²) in [6, 6.07) is 11.1. The first-order chi connectivity index (χ1) is 15.0. The Kier molecular flexibility index (Phi) is 8.32. The van der Waals surface area contributed by atoms with E-state index < -0.39 is 0 Å². The molecule has 2 N–H and O–H groups in total. The molecule has 0 amide bonds. The highest BCUT2D eigenvalue weighted by atomic mass is 127. The van der Waals surface area contributed by atoms with Gasteiger partial charge in [0, 0.05) is 44.8 Å². The molecule has 2 atom stereocenters. The zero-order valence-electron chi connectivity index (χ0n) is 19.0. The van der Waals surface area contributed by atoms with Gasteiger partial charge in [-0.2, -0.15) is 0 Å². The van der Waals surface area contributed by atoms with Crippen LogP contribution in [0, 0.1) is 5.82 Å². The SMILES string of the molecule is CN=C(NCc1ccc(N2CC(C)OC(C)C2)nc1)NCC1(c2cccc(F)c2)CC1.I. The molecule has 2 heterocycles. The molecule has 2 aromatic rings. The van der Waals surface area contributed by atoms with Crippen molar-refractivity contribution in [2.75, 3.05) is 31.6 Å². The van der Waals surface area contributed by atoms with Gasteiger partial charge in [-0.25, -0.2) is 9.37 Å². The average molecular weight is 553 g/mol. The molecular weight excluding hydrogens is 520 g/mol. The maximum absolute atomic E-state index is 13.6. The van der Waals surface area contributed by atoms with Gasteiger partial charge in [0.1, 0.15) is 11.6 Å². The molecule has 1 saturated carbocycles. The molecule has 1 aromatic heterocycles. The summed E-state index contributed by atoms with van der Waals surface area (Å²) in [5, 5.41) is 6.76. The Morgan fingerprint density at radius 2 is 1.94 bits per heavy atom. The molecule has 1 saturated heterocycles. The highest BCUT2D eigenvalue weighted by molar-refractivity contribution is 14.0. The second-order valence-corrected chi connectivity index (χ2v) is 8.76. The number of halogens is 2. The van der Waals surface area contributed by atoms with Crippen LogP contribution in [0.2, 0.25) is 0 Å². The van der Waals surface area contributed by atoms with E-state index >= 15 is 0 Å². The Morgan fingerprint density at radius 3 is 2.53 bits per heavy atom. The van der Waals surface area contributed by atoms with Crippen LogP contribution in [-0.4, -0.2) is 49.8 Å². The fourth-order valence-corrected chi connectivity index (χ4v) is 4.27. The molecule has 174 valence electrons. The summed E-state index contributed by atoms with van der Waals surface area (Å²) in [6.45, 7) is 7.28. The van der Waals surface area contributed by atoms with E-state index in [9.17, 15) is 4.39 Å². The number of aromatic nitrogens is 1. The number of pyridine rings is 1. The summed E-state index contributed by atoms with van der Waals surface area (Å²) < 4.78 is 19.4. The molecule has 2 unspecified atom stereocenters. The second kappa shape index (κ2) is 10.8. The maximum atomic E-state index is 13.6. The van der Waals surface area contributed by atoms with Crippen LogP contribution >= 0.6 is 24.0 Å². The number of anilines is 1. The third-order valence-corrected chi connectivity index (χ3v) is 6.12. The van der Waals surface area contributed by atoms with Crippen molar-refractivity contribution in [2.24, 2.45) is 4.99 Å². The summed E-state index contributed by atoms with van der Waals surface area (Å²) in [5.41, 5.74) is 2.16. The van der Waals surface area contributed by atoms with Crippen molar-refractivity contribution >= 4 is 35.8 Å². The first kappa shape index (κ1) is 24.7. The molecule has 1 aliphatic carbocycles. The molecular formula is C24H33FIN5O. The molecule has 4 rings (SSSR count). The van der Waals surface area contributed by atoms with Gasteiger partial charge in [0.2, 0.25) is 0 Å². The first-order valence-corrected chi connectivity index (χ1v) is 11.0. The van der Waals surface area contributed by atoms with Crippen LogP contribution in [0.3, 0.4) is 0 Å². The number of nitrogens with zero attached hydrogens (tertiary/aromatic N) is 3. The summed E-state index contributed by atoms with van der Waals surface area (Å²) in [4.78, 5) is 11.3. The minimum Gasteiger partial charge on any atom is -0.372 e. The van der Waals surface area contributed by atoms with E-state index in [-0.39, 0.29) is 47.4 Å². The first-order valence-electron chi connectivity index (χ1n) is 11.0. The van der Waals surface area contributed by atoms with E-state index in [4.69, 9.17) is 4.74 Å². The lowest BCUT2D eigenvalue weighted by Gasteiger charge is -2.36. The lowest BCUT2D eigenvalue weighted by atomic mass is 9.96. The lowest BCUT2D eigenvalue weighted by Crippen LogP contribution is -2.45. The zero-order valence-corrected chi connectivity index (χ0v) is 21.3. The normalized spacial score (nSPS) is 22.1. The van der Waals surface area contributed by atoms with Gasteiger partial charge >= 0.3 is 0 Å². The van der Waals surface area contributed by atoms with Gasteiger partial charge in [0.05, 0.1) is 12.2 Å². The van der Waals surface area contributed by atoms with Gasteiger partial charge in [-0.3, -0.25) is 4.99 Å². The number of benzene rings is 1. The summed E-state index contributed by atoms with van der Waals surface area (Å²) in [7, 11) is 1.76. The minimum absolute atomic E-state index is 0. The van der Waals surface area contributed by atoms with Crippen LogP contribution in [0.4, 0.5) is 10.2 Å². The molecule has 0 radical (unpaired) electrons. The van der Waals surface area contributed by atoms with Crippen LogP contribution in [0.25, 0.3) is 0 Å². The van der Waals surface area contributed by atoms with Crippen LogP contribution in [-0.2, 0) is 16.7 Å². The molecule has 6 nitrogen and oxygen atoms in total. The van der Waals surface area contributed by atoms with Gasteiger partial charge in [-0.15, -0.1) is 24.0 Å². The Bertz CT molecular complexity index is 909. The number of guanidine groups is 1. The average Bonchev–Trinajstić information content (AvgIpc) is 3.55. The van der Waals surface area contributed by atoms with Gasteiger partial charge in [-0.1, -0.05) is 18.2 Å². The van der Waals surface area contributed by atoms with Crippen molar-refractivity contribution in [1.82, 2.24) is 15.6 Å². The Labute approximate surface area is 207 Å². The fourth-order valence-electron chi connectivity index (χ4n) is 4.27. The highest BCUT2D eigenvalue weighted by Crippen LogP contribution is 2.47. The standard InChI is InChI=1S/C24H32FN5O.HI/c1-17-14-30(15-18(2)31-17)22-8-7-19(12-27-22)13-28-23(26-3)29-16-24(9-10-24)20-5-4-6-21(25)11-20;/h4-8,11-12,17-18H,9-10,13-16H2,1-3H3,(H2,26,28,29);1H. The third kappa shape index (κ3) is 6.10. The number of morpholine rings is 1. The molecule has 32 heavy (non-hydrogen) atoms. The van der Waals surface area contributed by atoms with Crippen molar-refractivity contribution in [1.29, 1.82) is 0 Å². The van der Waals surface area contributed by atoms with E-state index in [0.717, 1.165) is 55.4 Å². The summed E-state index contributed by atoms with van der Waals surface area (Å²) >= 11 is 0. The largest absolute Gasteiger partial charge is 0.372 e. The van der Waals surface area contributed by atoms with E-state index in [0.29, 0.717) is 6.54 Å². The van der Waals surface area contributed by atoms with Gasteiger partial charge in [-0.05, 0) is 56.0 Å². The lowest BCUT2D eigenvalue weighted by molar-refractivity contribution is -0.00545. The van der Waals surface area contributed by atoms with E-state index in [1.165, 1.54) is 6.07 Å². The zero-order chi connectivity index (χ0) is 21.8. The molecule has 1 aromatic carbocycles. The Morgan fingerprint density at radius 1 is 1.19 bits per heavy atom. The van der Waals surface area contributed by atoms with Crippen LogP contribution in [0.1, 0.15) is 37.8 Å². The summed E-state index contributed by atoms with van der Waals surface area (Å²) in [6.07, 6.45) is 4.46. The quantitative estimate of drug-likeness (QED) is 0.324. The van der Waals surface area contributed by atoms with Crippen molar-refractivity contribution in [3.05, 3.63) is 59.5 Å². The van der Waals surface area contributed by atoms with Crippen LogP contribution in [0.15, 0.2) is 47.6 Å². The van der Waals surface area contributed by atoms with E-state index in [1.54, 1.807) is 19.2 Å².